The molecule has 1 radical (unpaired) electrons. The molecule has 0 unspecified atom stereocenters. The first-order chi connectivity index (χ1) is 2.77. The summed E-state index contributed by atoms with van der Waals surface area (Å²) in [5.74, 6) is 0. The molecular weight excluding hydrogens is 72.1 g/mol. The highest BCUT2D eigenvalue weighted by molar-refractivity contribution is 5.11. The Labute approximate surface area is 39.2 Å². The topological polar surface area (TPSA) is 0 Å². The van der Waals surface area contributed by atoms with Crippen molar-refractivity contribution in [1.29, 1.82) is 0 Å². The van der Waals surface area contributed by atoms with Crippen molar-refractivity contribution in [2.24, 2.45) is 0 Å². The van der Waals surface area contributed by atoms with Gasteiger partial charge in [0.15, 0.2) is 0 Å². The van der Waals surface area contributed by atoms with Crippen LogP contribution in [-0.4, -0.2) is 0 Å². The second-order valence-electron chi connectivity index (χ2n) is 1.25. The van der Waals surface area contributed by atoms with Crippen molar-refractivity contribution in [3.63, 3.8) is 0 Å². The minimum absolute atomic E-state index is 1.05. The maximum absolute atomic E-state index is 3.62. The maximum atomic E-state index is 3.62. The van der Waals surface area contributed by atoms with Crippen LogP contribution in [0.15, 0.2) is 24.3 Å². The molecule has 0 saturated carbocycles. The van der Waals surface area contributed by atoms with Gasteiger partial charge in [0.2, 0.25) is 0 Å². The highest BCUT2D eigenvalue weighted by Gasteiger charge is 1.63. The van der Waals surface area contributed by atoms with E-state index in [0.29, 0.717) is 0 Å². The van der Waals surface area contributed by atoms with Crippen LogP contribution in [-0.2, 0) is 0 Å². The fourth-order valence-electron chi connectivity index (χ4n) is 0.201. The summed E-state index contributed by atoms with van der Waals surface area (Å²) in [5, 5.41) is 0. The molecule has 0 aliphatic heterocycles. The van der Waals surface area contributed by atoms with Crippen molar-refractivity contribution in [3.05, 3.63) is 31.2 Å². The van der Waals surface area contributed by atoms with E-state index in [1.807, 2.05) is 13.0 Å². The Morgan fingerprint density at radius 1 is 1.67 bits per heavy atom. The molecule has 0 aromatic heterocycles. The van der Waals surface area contributed by atoms with Crippen LogP contribution in [0.3, 0.4) is 0 Å². The van der Waals surface area contributed by atoms with Gasteiger partial charge in [-0.15, -0.1) is 0 Å². The zero-order valence-electron chi connectivity index (χ0n) is 4.07. The van der Waals surface area contributed by atoms with Crippen molar-refractivity contribution >= 4 is 0 Å². The standard InChI is InChI=1S/C6H9/c1-4-5-6(2)3/h4-5H,1-2H2,3H3. The molecule has 0 spiro atoms. The summed E-state index contributed by atoms with van der Waals surface area (Å²) in [5.41, 5.74) is 1.05. The van der Waals surface area contributed by atoms with Gasteiger partial charge in [0.05, 0.1) is 0 Å². The largest absolute Gasteiger partial charge is 0.0961 e. The third kappa shape index (κ3) is 3.48. The predicted molar refractivity (Wildman–Crippen MR) is 29.3 cm³/mol. The summed E-state index contributed by atoms with van der Waals surface area (Å²) in [6.07, 6.45) is 3.59. The normalized spacial score (nSPS) is 9.67. The smallest absolute Gasteiger partial charge is 0.0313 e. The van der Waals surface area contributed by atoms with Crippen LogP contribution >= 0.6 is 0 Å². The Morgan fingerprint density at radius 3 is 2.17 bits per heavy atom. The molecule has 0 nitrogen and oxygen atoms in total. The monoisotopic (exact) mass is 81.1 g/mol. The summed E-state index contributed by atoms with van der Waals surface area (Å²) in [7, 11) is 0. The average Bonchev–Trinajstić information content (AvgIpc) is 1.35. The molecule has 6 heavy (non-hydrogen) atoms. The molecular formula is C6H9. The lowest BCUT2D eigenvalue weighted by molar-refractivity contribution is 1.56. The Hall–Kier alpha value is -0.520. The minimum atomic E-state index is 1.05. The van der Waals surface area contributed by atoms with Crippen LogP contribution in [0.25, 0.3) is 0 Å². The van der Waals surface area contributed by atoms with Gasteiger partial charge in [0.25, 0.3) is 0 Å². The molecule has 0 bridgehead atoms. The summed E-state index contributed by atoms with van der Waals surface area (Å²) in [6, 6.07) is 0. The van der Waals surface area contributed by atoms with E-state index in [-0.39, 0.29) is 0 Å². The first kappa shape index (κ1) is 5.48. The fourth-order valence-corrected chi connectivity index (χ4v) is 0.201. The Balaban J connectivity index is 3.30. The van der Waals surface area contributed by atoms with Gasteiger partial charge in [-0.05, 0) is 13.8 Å². The van der Waals surface area contributed by atoms with Gasteiger partial charge in [-0.2, -0.15) is 0 Å². The van der Waals surface area contributed by atoms with E-state index in [4.69, 9.17) is 0 Å². The lowest BCUT2D eigenvalue weighted by Gasteiger charge is -1.75. The Bertz CT molecular complexity index is 68.1. The number of hydrogen-bond donors (Lipinski definition) is 0. The van der Waals surface area contributed by atoms with E-state index < -0.39 is 0 Å². The highest BCUT2D eigenvalue weighted by atomic mass is 13.7. The summed E-state index contributed by atoms with van der Waals surface area (Å²) < 4.78 is 0. The van der Waals surface area contributed by atoms with Gasteiger partial charge in [-0.1, -0.05) is 24.3 Å². The minimum Gasteiger partial charge on any atom is -0.0961 e. The zero-order valence-corrected chi connectivity index (χ0v) is 4.07. The molecule has 0 aromatic carbocycles. The van der Waals surface area contributed by atoms with Crippen LogP contribution in [0, 0.1) is 6.92 Å². The molecule has 0 aliphatic carbocycles. The third-order valence-electron chi connectivity index (χ3n) is 0.402. The molecule has 33 valence electrons. The van der Waals surface area contributed by atoms with Crippen LogP contribution in [0.1, 0.15) is 6.92 Å². The van der Waals surface area contributed by atoms with E-state index >= 15 is 0 Å². The quantitative estimate of drug-likeness (QED) is 0.423. The zero-order chi connectivity index (χ0) is 4.99. The van der Waals surface area contributed by atoms with Gasteiger partial charge in [0.1, 0.15) is 0 Å². The number of hydrogen-bond acceptors (Lipinski definition) is 0. The van der Waals surface area contributed by atoms with E-state index in [2.05, 4.69) is 13.5 Å². The highest BCUT2D eigenvalue weighted by Crippen LogP contribution is 1.85. The Morgan fingerprint density at radius 2 is 2.17 bits per heavy atom. The molecule has 0 N–H and O–H groups in total. The third-order valence-corrected chi connectivity index (χ3v) is 0.402. The molecule has 0 atom stereocenters. The summed E-state index contributed by atoms with van der Waals surface area (Å²) in [4.78, 5) is 0. The van der Waals surface area contributed by atoms with Crippen molar-refractivity contribution in [2.75, 3.05) is 0 Å². The van der Waals surface area contributed by atoms with Crippen molar-refractivity contribution in [3.8, 4) is 0 Å². The van der Waals surface area contributed by atoms with Crippen LogP contribution in [0.2, 0.25) is 0 Å². The molecule has 0 amide bonds. The van der Waals surface area contributed by atoms with Crippen LogP contribution < -0.4 is 0 Å². The molecule has 0 aromatic rings. The van der Waals surface area contributed by atoms with Gasteiger partial charge in [-0.25, -0.2) is 0 Å². The fraction of sp³-hybridized carbons (Fsp3) is 0.167. The molecule has 0 heteroatoms. The molecule has 0 aliphatic rings. The Kier molecular flexibility index (Phi) is 2.47. The van der Waals surface area contributed by atoms with Crippen molar-refractivity contribution < 1.29 is 0 Å². The first-order valence-electron chi connectivity index (χ1n) is 1.88. The van der Waals surface area contributed by atoms with Gasteiger partial charge < -0.3 is 0 Å². The van der Waals surface area contributed by atoms with E-state index in [1.54, 1.807) is 6.08 Å². The predicted octanol–water partition coefficient (Wildman–Crippen LogP) is 1.95. The average molecular weight is 81.1 g/mol. The van der Waals surface area contributed by atoms with Crippen molar-refractivity contribution in [2.45, 2.75) is 6.92 Å². The maximum Gasteiger partial charge on any atom is -0.0313 e. The molecule has 0 heterocycles. The van der Waals surface area contributed by atoms with E-state index in [1.165, 1.54) is 0 Å². The van der Waals surface area contributed by atoms with E-state index in [9.17, 15) is 0 Å². The van der Waals surface area contributed by atoms with Gasteiger partial charge in [0, 0.05) is 0 Å². The van der Waals surface area contributed by atoms with Crippen LogP contribution in [0.4, 0.5) is 0 Å². The van der Waals surface area contributed by atoms with Crippen molar-refractivity contribution in [1.82, 2.24) is 0 Å². The SMILES string of the molecule is [CH2]C=CC(=C)C. The lowest BCUT2D eigenvalue weighted by atomic mass is 10.3. The molecule has 0 saturated heterocycles. The number of rotatable bonds is 1. The summed E-state index contributed by atoms with van der Waals surface area (Å²) >= 11 is 0. The second kappa shape index (κ2) is 2.70. The van der Waals surface area contributed by atoms with E-state index in [0.717, 1.165) is 5.57 Å². The number of allylic oxidation sites excluding steroid dienone is 3. The second-order valence-corrected chi connectivity index (χ2v) is 1.25. The van der Waals surface area contributed by atoms with Crippen LogP contribution in [0.5, 0.6) is 0 Å². The molecule has 0 rings (SSSR count). The van der Waals surface area contributed by atoms with Gasteiger partial charge in [-0.3, -0.25) is 0 Å². The first-order valence-corrected chi connectivity index (χ1v) is 1.88. The summed E-state index contributed by atoms with van der Waals surface area (Å²) in [6.45, 7) is 9.03. The van der Waals surface area contributed by atoms with Gasteiger partial charge >= 0.3 is 0 Å². The molecule has 0 fully saturated rings. The lowest BCUT2D eigenvalue weighted by Crippen LogP contribution is -1.54.